The molecule has 0 saturated carbocycles. The molecule has 1 saturated heterocycles. The Morgan fingerprint density at radius 3 is 2.55 bits per heavy atom. The minimum absolute atomic E-state index is 0.0156. The first-order chi connectivity index (χ1) is 10.4. The van der Waals surface area contributed by atoms with E-state index < -0.39 is 29.6 Å². The predicted octanol–water partition coefficient (Wildman–Crippen LogP) is 1.63. The number of halogens is 1. The fourth-order valence-electron chi connectivity index (χ4n) is 2.01. The van der Waals surface area contributed by atoms with Gasteiger partial charge < -0.3 is 5.32 Å². The molecular formula is C15H14FN3O3. The van der Waals surface area contributed by atoms with Gasteiger partial charge in [0.05, 0.1) is 0 Å². The minimum Gasteiger partial charge on any atom is -0.358 e. The molecule has 1 aliphatic heterocycles. The van der Waals surface area contributed by atoms with Gasteiger partial charge in [0.1, 0.15) is 5.82 Å². The van der Waals surface area contributed by atoms with Crippen LogP contribution in [0.5, 0.6) is 0 Å². The SMILES string of the molecule is C=CCN1C(=O)NC(=O)C(C(=C)Nc2ccc(F)cc2)C1=O. The Balaban J connectivity index is 2.18. The normalized spacial score (nSPS) is 18.0. The monoisotopic (exact) mass is 303 g/mol. The van der Waals surface area contributed by atoms with Gasteiger partial charge in [-0.2, -0.15) is 0 Å². The molecule has 1 unspecified atom stereocenters. The fraction of sp³-hybridized carbons (Fsp3) is 0.133. The van der Waals surface area contributed by atoms with E-state index in [2.05, 4.69) is 23.8 Å². The Morgan fingerprint density at radius 2 is 1.95 bits per heavy atom. The van der Waals surface area contributed by atoms with Crippen LogP contribution in [0.4, 0.5) is 14.9 Å². The number of amides is 4. The quantitative estimate of drug-likeness (QED) is 0.640. The summed E-state index contributed by atoms with van der Waals surface area (Å²) in [5.74, 6) is -3.10. The molecule has 1 aromatic rings. The Morgan fingerprint density at radius 1 is 1.32 bits per heavy atom. The molecule has 0 aliphatic carbocycles. The van der Waals surface area contributed by atoms with Gasteiger partial charge in [-0.15, -0.1) is 6.58 Å². The van der Waals surface area contributed by atoms with Gasteiger partial charge in [0.15, 0.2) is 5.92 Å². The van der Waals surface area contributed by atoms with Crippen molar-refractivity contribution < 1.29 is 18.8 Å². The lowest BCUT2D eigenvalue weighted by molar-refractivity contribution is -0.140. The summed E-state index contributed by atoms with van der Waals surface area (Å²) in [5, 5.41) is 4.86. The summed E-state index contributed by atoms with van der Waals surface area (Å²) in [6.07, 6.45) is 1.38. The van der Waals surface area contributed by atoms with Gasteiger partial charge in [0, 0.05) is 17.9 Å². The molecule has 1 heterocycles. The molecule has 2 rings (SSSR count). The minimum atomic E-state index is -1.25. The van der Waals surface area contributed by atoms with E-state index in [0.717, 1.165) is 4.90 Å². The maximum atomic E-state index is 12.9. The van der Waals surface area contributed by atoms with Gasteiger partial charge in [-0.1, -0.05) is 12.7 Å². The number of imide groups is 2. The van der Waals surface area contributed by atoms with Crippen LogP contribution in [0.25, 0.3) is 0 Å². The molecule has 0 spiro atoms. The Kier molecular flexibility index (Phi) is 4.36. The molecule has 1 aromatic carbocycles. The number of hydrogen-bond donors (Lipinski definition) is 2. The van der Waals surface area contributed by atoms with Crippen molar-refractivity contribution in [1.82, 2.24) is 10.2 Å². The summed E-state index contributed by atoms with van der Waals surface area (Å²) in [6.45, 7) is 7.11. The highest BCUT2D eigenvalue weighted by atomic mass is 19.1. The van der Waals surface area contributed by atoms with E-state index in [-0.39, 0.29) is 12.2 Å². The summed E-state index contributed by atoms with van der Waals surface area (Å²) in [6, 6.07) is 4.55. The highest BCUT2D eigenvalue weighted by Gasteiger charge is 2.41. The number of barbiturate groups is 1. The van der Waals surface area contributed by atoms with Crippen molar-refractivity contribution in [3.05, 3.63) is 55.0 Å². The third-order valence-electron chi connectivity index (χ3n) is 3.06. The maximum Gasteiger partial charge on any atom is 0.331 e. The van der Waals surface area contributed by atoms with E-state index in [1.807, 2.05) is 0 Å². The average molecular weight is 303 g/mol. The van der Waals surface area contributed by atoms with Crippen molar-refractivity contribution in [2.75, 3.05) is 11.9 Å². The van der Waals surface area contributed by atoms with Crippen LogP contribution in [-0.4, -0.2) is 29.3 Å². The van der Waals surface area contributed by atoms with E-state index in [1.165, 1.54) is 30.3 Å². The molecule has 6 nitrogen and oxygen atoms in total. The molecule has 1 fully saturated rings. The number of anilines is 1. The molecule has 114 valence electrons. The van der Waals surface area contributed by atoms with Crippen LogP contribution in [0.2, 0.25) is 0 Å². The van der Waals surface area contributed by atoms with Crippen molar-refractivity contribution in [2.45, 2.75) is 0 Å². The van der Waals surface area contributed by atoms with Gasteiger partial charge in [0.2, 0.25) is 11.8 Å². The topological polar surface area (TPSA) is 78.5 Å². The largest absolute Gasteiger partial charge is 0.358 e. The lowest BCUT2D eigenvalue weighted by Gasteiger charge is -2.30. The number of carbonyl (C=O) groups is 3. The molecule has 1 aliphatic rings. The first-order valence-corrected chi connectivity index (χ1v) is 6.42. The third kappa shape index (κ3) is 3.03. The zero-order valence-electron chi connectivity index (χ0n) is 11.6. The number of hydrogen-bond acceptors (Lipinski definition) is 4. The van der Waals surface area contributed by atoms with E-state index >= 15 is 0 Å². The second kappa shape index (κ2) is 6.21. The number of benzene rings is 1. The van der Waals surface area contributed by atoms with Gasteiger partial charge in [0.25, 0.3) is 0 Å². The van der Waals surface area contributed by atoms with Crippen LogP contribution in [0.15, 0.2) is 49.2 Å². The number of nitrogens with one attached hydrogen (secondary N) is 2. The smallest absolute Gasteiger partial charge is 0.331 e. The summed E-state index contributed by atoms with van der Waals surface area (Å²) >= 11 is 0. The van der Waals surface area contributed by atoms with Crippen molar-refractivity contribution in [3.8, 4) is 0 Å². The van der Waals surface area contributed by atoms with Crippen molar-refractivity contribution in [3.63, 3.8) is 0 Å². The van der Waals surface area contributed by atoms with Gasteiger partial charge in [-0.3, -0.25) is 19.8 Å². The van der Waals surface area contributed by atoms with Gasteiger partial charge >= 0.3 is 6.03 Å². The highest BCUT2D eigenvalue weighted by molar-refractivity contribution is 6.18. The molecular weight excluding hydrogens is 289 g/mol. The van der Waals surface area contributed by atoms with E-state index in [1.54, 1.807) is 0 Å². The standard InChI is InChI=1S/C15H14FN3O3/c1-3-8-19-14(21)12(13(20)18-15(19)22)9(2)17-11-6-4-10(16)5-7-11/h3-7,12,17H,1-2,8H2,(H,18,20,22). The summed E-state index contributed by atoms with van der Waals surface area (Å²) in [4.78, 5) is 36.6. The van der Waals surface area contributed by atoms with Crippen molar-refractivity contribution >= 4 is 23.5 Å². The lowest BCUT2D eigenvalue weighted by Crippen LogP contribution is -2.58. The van der Waals surface area contributed by atoms with E-state index in [4.69, 9.17) is 0 Å². The van der Waals surface area contributed by atoms with Crippen molar-refractivity contribution in [2.24, 2.45) is 5.92 Å². The van der Waals surface area contributed by atoms with Gasteiger partial charge in [-0.05, 0) is 24.3 Å². The third-order valence-corrected chi connectivity index (χ3v) is 3.06. The molecule has 22 heavy (non-hydrogen) atoms. The van der Waals surface area contributed by atoms with Gasteiger partial charge in [-0.25, -0.2) is 9.18 Å². The molecule has 4 amide bonds. The van der Waals surface area contributed by atoms with E-state index in [0.29, 0.717) is 5.69 Å². The second-order valence-corrected chi connectivity index (χ2v) is 4.62. The molecule has 0 bridgehead atoms. The molecule has 0 aromatic heterocycles. The fourth-order valence-corrected chi connectivity index (χ4v) is 2.01. The van der Waals surface area contributed by atoms with E-state index in [9.17, 15) is 18.8 Å². The van der Waals surface area contributed by atoms with Crippen LogP contribution < -0.4 is 10.6 Å². The number of urea groups is 1. The maximum absolute atomic E-state index is 12.9. The second-order valence-electron chi connectivity index (χ2n) is 4.62. The zero-order valence-corrected chi connectivity index (χ0v) is 11.6. The van der Waals surface area contributed by atoms with Crippen LogP contribution in [-0.2, 0) is 9.59 Å². The summed E-state index contributed by atoms with van der Waals surface area (Å²) in [5.41, 5.74) is 0.565. The van der Waals surface area contributed by atoms with Crippen LogP contribution in [0, 0.1) is 11.7 Å². The Hall–Kier alpha value is -2.96. The number of nitrogens with zero attached hydrogens (tertiary/aromatic N) is 1. The van der Waals surface area contributed by atoms with Crippen LogP contribution in [0.3, 0.4) is 0 Å². The van der Waals surface area contributed by atoms with Crippen LogP contribution >= 0.6 is 0 Å². The molecule has 1 atom stereocenters. The first-order valence-electron chi connectivity index (χ1n) is 6.42. The van der Waals surface area contributed by atoms with Crippen LogP contribution in [0.1, 0.15) is 0 Å². The highest BCUT2D eigenvalue weighted by Crippen LogP contribution is 2.20. The lowest BCUT2D eigenvalue weighted by atomic mass is 10.0. The Labute approximate surface area is 126 Å². The Bertz CT molecular complexity index is 655. The number of rotatable bonds is 5. The average Bonchev–Trinajstić information content (AvgIpc) is 2.45. The zero-order chi connectivity index (χ0) is 16.3. The molecule has 2 N–H and O–H groups in total. The predicted molar refractivity (Wildman–Crippen MR) is 78.1 cm³/mol. The summed E-state index contributed by atoms with van der Waals surface area (Å²) in [7, 11) is 0. The first kappa shape index (κ1) is 15.4. The molecule has 0 radical (unpaired) electrons. The number of carbonyl (C=O) groups excluding carboxylic acids is 3. The molecule has 7 heteroatoms. The summed E-state index contributed by atoms with van der Waals surface area (Å²) < 4.78 is 12.9. The van der Waals surface area contributed by atoms with Crippen molar-refractivity contribution in [1.29, 1.82) is 0 Å².